The molecule has 0 aliphatic heterocycles. The minimum Gasteiger partial charge on any atom is -0.480 e. The van der Waals surface area contributed by atoms with Gasteiger partial charge in [-0.2, -0.15) is 0 Å². The number of fused-ring (bicyclic) bond motifs is 1. The second-order valence-corrected chi connectivity index (χ2v) is 5.37. The largest absolute Gasteiger partial charge is 0.480 e. The fourth-order valence-electron chi connectivity index (χ4n) is 2.64. The first-order valence-electron chi connectivity index (χ1n) is 7.20. The first-order chi connectivity index (χ1) is 10.6. The van der Waals surface area contributed by atoms with Crippen molar-refractivity contribution in [1.29, 1.82) is 0 Å². The number of aliphatic carboxylic acids is 1. The molecule has 0 saturated carbocycles. The van der Waals surface area contributed by atoms with Gasteiger partial charge in [0.25, 0.3) is 0 Å². The summed E-state index contributed by atoms with van der Waals surface area (Å²) in [6.45, 7) is 0. The number of nitrogens with two attached hydrogens (primary N) is 1. The maximum absolute atomic E-state index is 10.8. The van der Waals surface area contributed by atoms with Crippen molar-refractivity contribution in [2.24, 2.45) is 5.73 Å². The molecule has 0 aliphatic carbocycles. The molecule has 3 rings (SSSR count). The molecule has 3 nitrogen and oxygen atoms in total. The fraction of sp³-hybridized carbons (Fsp3) is 0.105. The maximum Gasteiger partial charge on any atom is 0.320 e. The summed E-state index contributed by atoms with van der Waals surface area (Å²) in [7, 11) is 0. The average molecular weight is 291 g/mol. The van der Waals surface area contributed by atoms with Gasteiger partial charge < -0.3 is 10.8 Å². The van der Waals surface area contributed by atoms with Crippen LogP contribution in [-0.4, -0.2) is 17.1 Å². The Morgan fingerprint density at radius 2 is 1.64 bits per heavy atom. The topological polar surface area (TPSA) is 63.3 Å². The second kappa shape index (κ2) is 6.00. The highest BCUT2D eigenvalue weighted by atomic mass is 16.4. The van der Waals surface area contributed by atoms with Crippen molar-refractivity contribution in [3.05, 3.63) is 72.3 Å². The van der Waals surface area contributed by atoms with E-state index in [9.17, 15) is 4.79 Å². The van der Waals surface area contributed by atoms with Gasteiger partial charge in [0, 0.05) is 0 Å². The van der Waals surface area contributed by atoms with Crippen molar-refractivity contribution in [2.45, 2.75) is 12.5 Å². The van der Waals surface area contributed by atoms with Crippen LogP contribution in [0, 0.1) is 0 Å². The van der Waals surface area contributed by atoms with Crippen molar-refractivity contribution in [1.82, 2.24) is 0 Å². The lowest BCUT2D eigenvalue weighted by Crippen LogP contribution is -2.32. The van der Waals surface area contributed by atoms with Crippen molar-refractivity contribution >= 4 is 16.7 Å². The highest BCUT2D eigenvalue weighted by Gasteiger charge is 2.12. The van der Waals surface area contributed by atoms with E-state index in [1.807, 2.05) is 42.5 Å². The first-order valence-corrected chi connectivity index (χ1v) is 7.20. The third-order valence-corrected chi connectivity index (χ3v) is 3.83. The number of carbonyl (C=O) groups is 1. The van der Waals surface area contributed by atoms with E-state index >= 15 is 0 Å². The van der Waals surface area contributed by atoms with Gasteiger partial charge in [-0.25, -0.2) is 0 Å². The molecule has 3 aromatic carbocycles. The van der Waals surface area contributed by atoms with Gasteiger partial charge >= 0.3 is 5.97 Å². The molecule has 22 heavy (non-hydrogen) atoms. The lowest BCUT2D eigenvalue weighted by atomic mass is 9.96. The molecule has 3 N–H and O–H groups in total. The van der Waals surface area contributed by atoms with Crippen molar-refractivity contribution in [2.75, 3.05) is 0 Å². The molecule has 0 bridgehead atoms. The number of carboxylic acids is 1. The van der Waals surface area contributed by atoms with E-state index in [0.29, 0.717) is 6.42 Å². The van der Waals surface area contributed by atoms with Gasteiger partial charge in [0.05, 0.1) is 0 Å². The van der Waals surface area contributed by atoms with E-state index in [2.05, 4.69) is 24.3 Å². The summed E-state index contributed by atoms with van der Waals surface area (Å²) < 4.78 is 0. The molecule has 0 saturated heterocycles. The molecular formula is C19H17NO2. The number of hydrogen-bond acceptors (Lipinski definition) is 2. The van der Waals surface area contributed by atoms with Gasteiger partial charge in [0.15, 0.2) is 0 Å². The molecular weight excluding hydrogens is 274 g/mol. The van der Waals surface area contributed by atoms with Crippen LogP contribution in [0.4, 0.5) is 0 Å². The summed E-state index contributed by atoms with van der Waals surface area (Å²) in [5, 5.41) is 11.3. The molecule has 110 valence electrons. The minimum absolute atomic E-state index is 0.338. The Balaban J connectivity index is 1.93. The van der Waals surface area contributed by atoms with Crippen LogP contribution in [0.15, 0.2) is 66.7 Å². The summed E-state index contributed by atoms with van der Waals surface area (Å²) >= 11 is 0. The van der Waals surface area contributed by atoms with Crippen LogP contribution in [-0.2, 0) is 11.2 Å². The first kappa shape index (κ1) is 14.3. The molecule has 0 spiro atoms. The normalized spacial score (nSPS) is 12.2. The molecule has 0 radical (unpaired) electrons. The third-order valence-electron chi connectivity index (χ3n) is 3.83. The van der Waals surface area contributed by atoms with Gasteiger partial charge in [0.1, 0.15) is 6.04 Å². The van der Waals surface area contributed by atoms with Crippen LogP contribution >= 0.6 is 0 Å². The van der Waals surface area contributed by atoms with E-state index in [1.165, 1.54) is 16.3 Å². The van der Waals surface area contributed by atoms with Gasteiger partial charge in [-0.15, -0.1) is 0 Å². The quantitative estimate of drug-likeness (QED) is 0.773. The predicted octanol–water partition coefficient (Wildman–Crippen LogP) is 3.46. The molecule has 1 atom stereocenters. The zero-order valence-electron chi connectivity index (χ0n) is 12.1. The average Bonchev–Trinajstić information content (AvgIpc) is 2.55. The Kier molecular flexibility index (Phi) is 3.90. The smallest absolute Gasteiger partial charge is 0.320 e. The lowest BCUT2D eigenvalue weighted by Gasteiger charge is -2.09. The lowest BCUT2D eigenvalue weighted by molar-refractivity contribution is -0.138. The number of hydrogen-bond donors (Lipinski definition) is 2. The Labute approximate surface area is 129 Å². The van der Waals surface area contributed by atoms with Crippen molar-refractivity contribution < 1.29 is 9.90 Å². The summed E-state index contributed by atoms with van der Waals surface area (Å²) in [6, 6.07) is 21.6. The molecule has 0 heterocycles. The van der Waals surface area contributed by atoms with E-state index in [4.69, 9.17) is 10.8 Å². The standard InChI is InChI=1S/C19H17NO2/c20-18(19(21)22)12-13-8-10-15(11-9-13)17-7-3-5-14-4-1-2-6-16(14)17/h1-11,18H,12,20H2,(H,21,22). The van der Waals surface area contributed by atoms with Crippen molar-refractivity contribution in [3.63, 3.8) is 0 Å². The van der Waals surface area contributed by atoms with Crippen LogP contribution in [0.1, 0.15) is 5.56 Å². The molecule has 0 amide bonds. The summed E-state index contributed by atoms with van der Waals surface area (Å²) in [5.74, 6) is -0.974. The summed E-state index contributed by atoms with van der Waals surface area (Å²) in [5.41, 5.74) is 8.79. The van der Waals surface area contributed by atoms with E-state index < -0.39 is 12.0 Å². The van der Waals surface area contributed by atoms with Crippen molar-refractivity contribution in [3.8, 4) is 11.1 Å². The Hall–Kier alpha value is -2.65. The predicted molar refractivity (Wildman–Crippen MR) is 88.7 cm³/mol. The second-order valence-electron chi connectivity index (χ2n) is 5.37. The zero-order valence-corrected chi connectivity index (χ0v) is 12.1. The Morgan fingerprint density at radius 3 is 2.36 bits per heavy atom. The minimum atomic E-state index is -0.974. The fourth-order valence-corrected chi connectivity index (χ4v) is 2.64. The van der Waals surface area contributed by atoms with Crippen LogP contribution in [0.25, 0.3) is 21.9 Å². The van der Waals surface area contributed by atoms with Gasteiger partial charge in [-0.1, -0.05) is 66.7 Å². The molecule has 0 fully saturated rings. The van der Waals surface area contributed by atoms with E-state index in [1.54, 1.807) is 0 Å². The maximum atomic E-state index is 10.8. The molecule has 0 aliphatic rings. The highest BCUT2D eigenvalue weighted by molar-refractivity contribution is 5.96. The number of benzene rings is 3. The summed E-state index contributed by atoms with van der Waals surface area (Å²) in [4.78, 5) is 10.8. The van der Waals surface area contributed by atoms with E-state index in [0.717, 1.165) is 11.1 Å². The number of rotatable bonds is 4. The van der Waals surface area contributed by atoms with Gasteiger partial charge in [-0.3, -0.25) is 4.79 Å². The van der Waals surface area contributed by atoms with Gasteiger partial charge in [0.2, 0.25) is 0 Å². The monoisotopic (exact) mass is 291 g/mol. The zero-order chi connectivity index (χ0) is 15.5. The Bertz CT molecular complexity index is 804. The number of carboxylic acid groups (broad SMARTS) is 1. The molecule has 3 heteroatoms. The third kappa shape index (κ3) is 2.85. The molecule has 1 unspecified atom stereocenters. The molecule has 0 aromatic heterocycles. The molecule has 3 aromatic rings. The Morgan fingerprint density at radius 1 is 0.955 bits per heavy atom. The van der Waals surface area contributed by atoms with Crippen LogP contribution < -0.4 is 5.73 Å². The van der Waals surface area contributed by atoms with Crippen LogP contribution in [0.2, 0.25) is 0 Å². The summed E-state index contributed by atoms with van der Waals surface area (Å²) in [6.07, 6.45) is 0.338. The van der Waals surface area contributed by atoms with Crippen LogP contribution in [0.3, 0.4) is 0 Å². The van der Waals surface area contributed by atoms with Gasteiger partial charge in [-0.05, 0) is 33.9 Å². The van der Waals surface area contributed by atoms with Crippen LogP contribution in [0.5, 0.6) is 0 Å². The SMILES string of the molecule is NC(Cc1ccc(-c2cccc3ccccc23)cc1)C(=O)O. The van der Waals surface area contributed by atoms with E-state index in [-0.39, 0.29) is 0 Å². The highest BCUT2D eigenvalue weighted by Crippen LogP contribution is 2.28.